The van der Waals surface area contributed by atoms with Crippen LogP contribution in [0.2, 0.25) is 0 Å². The molecular weight excluding hydrogens is 408 g/mol. The Bertz CT molecular complexity index is 1120. The standard InChI is InChI=1S/C15H17N3OS.C8H9N3/c1-12-14(8-11-20-12)18-15(16-2)17-9-10-19-13-6-4-3-5-7-13;1-9-7-2-3-8-6(4-7)5-10-11-8/h3-8,11H,2,9-10H2,1H3,(H,17,18);2-5,9H,1H3,(H,10,11). The summed E-state index contributed by atoms with van der Waals surface area (Å²) < 4.78 is 5.56. The molecule has 2 aromatic carbocycles. The van der Waals surface area contributed by atoms with Crippen molar-refractivity contribution in [3.8, 4) is 5.75 Å². The third-order valence-electron chi connectivity index (χ3n) is 4.35. The highest BCUT2D eigenvalue weighted by Gasteiger charge is 2.01. The number of nitrogens with zero attached hydrogens (tertiary/aromatic N) is 3. The molecule has 0 aliphatic carbocycles. The third kappa shape index (κ3) is 6.68. The minimum absolute atomic E-state index is 0.507. The molecule has 0 radical (unpaired) electrons. The van der Waals surface area contributed by atoms with Crippen molar-refractivity contribution in [1.29, 1.82) is 0 Å². The first kappa shape index (κ1) is 22.0. The van der Waals surface area contributed by atoms with Gasteiger partial charge in [-0.25, -0.2) is 9.98 Å². The predicted octanol–water partition coefficient (Wildman–Crippen LogP) is 5.21. The quantitative estimate of drug-likeness (QED) is 0.221. The SMILES string of the molecule is C=NC(=NCCOc1ccccc1)Nc1ccsc1C.CNc1ccc2[nH]ncc2c1. The molecule has 0 saturated heterocycles. The molecule has 0 aliphatic rings. The van der Waals surface area contributed by atoms with Gasteiger partial charge in [-0.05, 0) is 55.4 Å². The Labute approximate surface area is 185 Å². The zero-order valence-corrected chi connectivity index (χ0v) is 18.4. The number of anilines is 2. The number of hydrogen-bond acceptors (Lipinski definition) is 5. The number of hydrogen-bond donors (Lipinski definition) is 3. The number of ether oxygens (including phenoxy) is 1. The monoisotopic (exact) mass is 434 g/mol. The molecule has 2 heterocycles. The van der Waals surface area contributed by atoms with Gasteiger partial charge < -0.3 is 15.4 Å². The van der Waals surface area contributed by atoms with E-state index in [4.69, 9.17) is 4.74 Å². The van der Waals surface area contributed by atoms with Gasteiger partial charge >= 0.3 is 0 Å². The Hall–Kier alpha value is -3.65. The number of fused-ring (bicyclic) bond motifs is 1. The van der Waals surface area contributed by atoms with Crippen molar-refractivity contribution >= 4 is 46.3 Å². The maximum absolute atomic E-state index is 5.56. The number of aromatic amines is 1. The Morgan fingerprint density at radius 3 is 2.74 bits per heavy atom. The second-order valence-corrected chi connectivity index (χ2v) is 7.58. The molecule has 160 valence electrons. The fourth-order valence-corrected chi connectivity index (χ4v) is 3.35. The first-order valence-corrected chi connectivity index (χ1v) is 10.7. The highest BCUT2D eigenvalue weighted by Crippen LogP contribution is 2.20. The average molecular weight is 435 g/mol. The van der Waals surface area contributed by atoms with Crippen LogP contribution in [0, 0.1) is 6.92 Å². The van der Waals surface area contributed by atoms with E-state index in [2.05, 4.69) is 43.6 Å². The molecule has 0 fully saturated rings. The van der Waals surface area contributed by atoms with E-state index < -0.39 is 0 Å². The summed E-state index contributed by atoms with van der Waals surface area (Å²) in [5, 5.41) is 16.2. The smallest absolute Gasteiger partial charge is 0.222 e. The highest BCUT2D eigenvalue weighted by molar-refractivity contribution is 7.10. The molecule has 0 aliphatic heterocycles. The van der Waals surface area contributed by atoms with Crippen LogP contribution in [0.1, 0.15) is 4.88 Å². The largest absolute Gasteiger partial charge is 0.492 e. The highest BCUT2D eigenvalue weighted by atomic mass is 32.1. The van der Waals surface area contributed by atoms with Crippen molar-refractivity contribution in [3.63, 3.8) is 0 Å². The summed E-state index contributed by atoms with van der Waals surface area (Å²) in [5.41, 5.74) is 3.20. The van der Waals surface area contributed by atoms with Crippen molar-refractivity contribution in [2.45, 2.75) is 6.92 Å². The topological polar surface area (TPSA) is 86.7 Å². The first-order valence-electron chi connectivity index (χ1n) is 9.80. The fraction of sp³-hybridized carbons (Fsp3) is 0.174. The van der Waals surface area contributed by atoms with Gasteiger partial charge in [-0.15, -0.1) is 11.3 Å². The number of para-hydroxylation sites is 1. The minimum Gasteiger partial charge on any atom is -0.492 e. The molecule has 0 atom stereocenters. The molecule has 8 heteroatoms. The minimum atomic E-state index is 0.507. The lowest BCUT2D eigenvalue weighted by Gasteiger charge is -2.06. The van der Waals surface area contributed by atoms with Crippen molar-refractivity contribution in [2.24, 2.45) is 9.98 Å². The van der Waals surface area contributed by atoms with E-state index in [0.717, 1.165) is 28.0 Å². The summed E-state index contributed by atoms with van der Waals surface area (Å²) in [6, 6.07) is 17.8. The van der Waals surface area contributed by atoms with Crippen molar-refractivity contribution in [2.75, 3.05) is 30.8 Å². The van der Waals surface area contributed by atoms with Crippen LogP contribution in [0.25, 0.3) is 10.9 Å². The van der Waals surface area contributed by atoms with Crippen LogP contribution in [0.5, 0.6) is 5.75 Å². The van der Waals surface area contributed by atoms with Gasteiger partial charge in [0.25, 0.3) is 0 Å². The second-order valence-electron chi connectivity index (χ2n) is 6.46. The molecule has 31 heavy (non-hydrogen) atoms. The van der Waals surface area contributed by atoms with Crippen LogP contribution in [-0.2, 0) is 0 Å². The van der Waals surface area contributed by atoms with E-state index in [1.807, 2.05) is 74.1 Å². The van der Waals surface area contributed by atoms with Crippen LogP contribution in [0.15, 0.2) is 76.2 Å². The summed E-state index contributed by atoms with van der Waals surface area (Å²) in [5.74, 6) is 1.36. The maximum atomic E-state index is 5.56. The lowest BCUT2D eigenvalue weighted by molar-refractivity contribution is 0.329. The van der Waals surface area contributed by atoms with Crippen LogP contribution in [-0.4, -0.2) is 43.1 Å². The van der Waals surface area contributed by atoms with Gasteiger partial charge in [-0.3, -0.25) is 5.10 Å². The number of guanidine groups is 1. The normalized spacial score (nSPS) is 10.8. The molecule has 0 spiro atoms. The Balaban J connectivity index is 0.000000207. The first-order chi connectivity index (χ1) is 15.2. The van der Waals surface area contributed by atoms with Gasteiger partial charge in [-0.2, -0.15) is 5.10 Å². The van der Waals surface area contributed by atoms with Crippen LogP contribution < -0.4 is 15.4 Å². The number of aryl methyl sites for hydroxylation is 1. The average Bonchev–Trinajstić information content (AvgIpc) is 3.45. The number of H-pyrrole nitrogens is 1. The lowest BCUT2D eigenvalue weighted by Crippen LogP contribution is -2.11. The molecule has 4 rings (SSSR count). The van der Waals surface area contributed by atoms with Gasteiger partial charge in [0.15, 0.2) is 0 Å². The summed E-state index contributed by atoms with van der Waals surface area (Å²) in [7, 11) is 1.90. The molecule has 0 amide bonds. The summed E-state index contributed by atoms with van der Waals surface area (Å²) >= 11 is 1.68. The molecule has 0 saturated carbocycles. The predicted molar refractivity (Wildman–Crippen MR) is 132 cm³/mol. The van der Waals surface area contributed by atoms with Crippen molar-refractivity contribution in [3.05, 3.63) is 71.1 Å². The molecule has 2 aromatic heterocycles. The molecule has 0 unspecified atom stereocenters. The molecule has 4 aromatic rings. The van der Waals surface area contributed by atoms with Gasteiger partial charge in [0.05, 0.1) is 23.9 Å². The summed E-state index contributed by atoms with van der Waals surface area (Å²) in [6.45, 7) is 6.61. The van der Waals surface area contributed by atoms with Crippen LogP contribution in [0.4, 0.5) is 11.4 Å². The van der Waals surface area contributed by atoms with E-state index in [9.17, 15) is 0 Å². The van der Waals surface area contributed by atoms with Gasteiger partial charge in [0.2, 0.25) is 5.96 Å². The van der Waals surface area contributed by atoms with E-state index in [0.29, 0.717) is 19.1 Å². The van der Waals surface area contributed by atoms with Crippen LogP contribution >= 0.6 is 11.3 Å². The van der Waals surface area contributed by atoms with Crippen LogP contribution in [0.3, 0.4) is 0 Å². The third-order valence-corrected chi connectivity index (χ3v) is 5.19. The van der Waals surface area contributed by atoms with E-state index in [-0.39, 0.29) is 0 Å². The number of aromatic nitrogens is 2. The number of thiophene rings is 1. The Morgan fingerprint density at radius 1 is 1.19 bits per heavy atom. The van der Waals surface area contributed by atoms with Crippen molar-refractivity contribution < 1.29 is 4.74 Å². The summed E-state index contributed by atoms with van der Waals surface area (Å²) in [6.07, 6.45) is 1.82. The lowest BCUT2D eigenvalue weighted by atomic mass is 10.2. The number of benzene rings is 2. The zero-order chi connectivity index (χ0) is 21.9. The fourth-order valence-electron chi connectivity index (χ4n) is 2.69. The number of aliphatic imine (C=N–C) groups is 2. The van der Waals surface area contributed by atoms with Gasteiger partial charge in [-0.1, -0.05) is 18.2 Å². The van der Waals surface area contributed by atoms with E-state index in [1.165, 1.54) is 4.88 Å². The van der Waals surface area contributed by atoms with Gasteiger partial charge in [0, 0.05) is 23.0 Å². The second kappa shape index (κ2) is 11.5. The van der Waals surface area contributed by atoms with Gasteiger partial charge in [0.1, 0.15) is 12.4 Å². The maximum Gasteiger partial charge on any atom is 0.222 e. The summed E-state index contributed by atoms with van der Waals surface area (Å²) in [4.78, 5) is 9.41. The zero-order valence-electron chi connectivity index (χ0n) is 17.6. The molecule has 3 N–H and O–H groups in total. The van der Waals surface area contributed by atoms with Crippen molar-refractivity contribution in [1.82, 2.24) is 10.2 Å². The van der Waals surface area contributed by atoms with E-state index in [1.54, 1.807) is 11.3 Å². The number of nitrogens with one attached hydrogen (secondary N) is 3. The van der Waals surface area contributed by atoms with E-state index >= 15 is 0 Å². The Kier molecular flexibility index (Phi) is 8.19. The molecular formula is C23H26N6OS. The Morgan fingerprint density at radius 2 is 2.03 bits per heavy atom. The number of rotatable bonds is 6. The molecule has 7 nitrogen and oxygen atoms in total. The molecule has 0 bridgehead atoms.